The molecule has 1 aromatic carbocycles. The molecule has 1 aliphatic rings. The van der Waals surface area contributed by atoms with Crippen molar-refractivity contribution < 1.29 is 9.59 Å². The maximum atomic E-state index is 12.7. The largest absolute Gasteiger partial charge is 0.337 e. The third-order valence-electron chi connectivity index (χ3n) is 4.63. The van der Waals surface area contributed by atoms with Gasteiger partial charge >= 0.3 is 0 Å². The number of rotatable bonds is 3. The number of carbonyl (C=O) groups excluding carboxylic acids is 2. The Labute approximate surface area is 160 Å². The minimum atomic E-state index is -0.443. The molecule has 1 amide bonds. The number of nitrogens with zero attached hydrogens (tertiary/aromatic N) is 1. The van der Waals surface area contributed by atoms with Crippen LogP contribution in [0.4, 0.5) is 0 Å². The van der Waals surface area contributed by atoms with Crippen molar-refractivity contribution in [2.45, 2.75) is 33.2 Å². The minimum absolute atomic E-state index is 0.0106. The molecule has 0 unspecified atom stereocenters. The Balaban J connectivity index is 1.88. The molecule has 0 bridgehead atoms. The summed E-state index contributed by atoms with van der Waals surface area (Å²) in [5.41, 5.74) is 1.43. The summed E-state index contributed by atoms with van der Waals surface area (Å²) < 4.78 is 0.961. The number of Topliss-reactive ketones (excluding diaryl/α,β-unsaturated/α-hetero) is 1. The van der Waals surface area contributed by atoms with Crippen molar-refractivity contribution in [1.29, 1.82) is 0 Å². The van der Waals surface area contributed by atoms with Gasteiger partial charge in [0.2, 0.25) is 0 Å². The number of halogens is 1. The van der Waals surface area contributed by atoms with Crippen molar-refractivity contribution in [2.24, 2.45) is 5.41 Å². The van der Waals surface area contributed by atoms with Crippen LogP contribution in [0.5, 0.6) is 0 Å². The molecule has 0 radical (unpaired) electrons. The van der Waals surface area contributed by atoms with E-state index in [4.69, 9.17) is 0 Å². The summed E-state index contributed by atoms with van der Waals surface area (Å²) in [5.74, 6) is -0.424. The predicted octanol–water partition coefficient (Wildman–Crippen LogP) is 3.56. The maximum Gasteiger partial charge on any atom is 0.261 e. The Morgan fingerprint density at radius 2 is 1.85 bits per heavy atom. The van der Waals surface area contributed by atoms with E-state index in [1.165, 1.54) is 11.0 Å². The van der Waals surface area contributed by atoms with Crippen LogP contribution in [0.2, 0.25) is 0 Å². The average molecular weight is 417 g/mol. The summed E-state index contributed by atoms with van der Waals surface area (Å²) in [6.07, 6.45) is 1.03. The molecule has 3 rings (SSSR count). The molecule has 2 aromatic rings. The van der Waals surface area contributed by atoms with Crippen LogP contribution in [-0.4, -0.2) is 28.6 Å². The van der Waals surface area contributed by atoms with Crippen LogP contribution in [0, 0.1) is 5.41 Å². The molecule has 0 spiro atoms. The fourth-order valence-corrected chi connectivity index (χ4v) is 3.59. The maximum absolute atomic E-state index is 12.7. The highest BCUT2D eigenvalue weighted by atomic mass is 79.9. The van der Waals surface area contributed by atoms with Crippen LogP contribution in [0.15, 0.2) is 39.6 Å². The highest BCUT2D eigenvalue weighted by molar-refractivity contribution is 9.10. The SMILES string of the molecule is CN(Cc1ccc(Br)cc1)C(=O)c1cc2c([nH]c1=O)CC(C)(C)CC2=O. The van der Waals surface area contributed by atoms with Crippen LogP contribution >= 0.6 is 15.9 Å². The standard InChI is InChI=1S/C20H21BrN2O3/c1-20(2)9-16-14(17(24)10-20)8-15(18(25)22-16)19(26)23(3)11-12-4-6-13(21)7-5-12/h4-8H,9-11H2,1-3H3,(H,22,25). The zero-order valence-corrected chi connectivity index (χ0v) is 16.6. The number of aromatic amines is 1. The van der Waals surface area contributed by atoms with Crippen molar-refractivity contribution in [3.63, 3.8) is 0 Å². The number of nitrogens with one attached hydrogen (secondary N) is 1. The number of amides is 1. The zero-order valence-electron chi connectivity index (χ0n) is 15.1. The van der Waals surface area contributed by atoms with Crippen LogP contribution < -0.4 is 5.56 Å². The molecule has 5 nitrogen and oxygen atoms in total. The normalized spacial score (nSPS) is 15.5. The molecule has 136 valence electrons. The first-order valence-electron chi connectivity index (χ1n) is 8.45. The van der Waals surface area contributed by atoms with Gasteiger partial charge in [0.15, 0.2) is 5.78 Å². The van der Waals surface area contributed by atoms with Gasteiger partial charge in [0.05, 0.1) is 0 Å². The number of ketones is 1. The molecule has 1 aromatic heterocycles. The molecule has 0 atom stereocenters. The molecule has 0 saturated carbocycles. The van der Waals surface area contributed by atoms with E-state index in [-0.39, 0.29) is 16.8 Å². The number of carbonyl (C=O) groups is 2. The Bertz CT molecular complexity index is 929. The summed E-state index contributed by atoms with van der Waals surface area (Å²) in [4.78, 5) is 41.8. The minimum Gasteiger partial charge on any atom is -0.337 e. The van der Waals surface area contributed by atoms with Crippen molar-refractivity contribution in [1.82, 2.24) is 9.88 Å². The van der Waals surface area contributed by atoms with Gasteiger partial charge in [-0.3, -0.25) is 14.4 Å². The Morgan fingerprint density at radius 3 is 2.50 bits per heavy atom. The smallest absolute Gasteiger partial charge is 0.261 e. The van der Waals surface area contributed by atoms with Gasteiger partial charge in [0, 0.05) is 35.7 Å². The first-order valence-corrected chi connectivity index (χ1v) is 9.25. The average Bonchev–Trinajstić information content (AvgIpc) is 2.54. The van der Waals surface area contributed by atoms with E-state index in [2.05, 4.69) is 20.9 Å². The number of hydrogen-bond acceptors (Lipinski definition) is 3. The number of aromatic nitrogens is 1. The molecule has 0 saturated heterocycles. The molecule has 26 heavy (non-hydrogen) atoms. The van der Waals surface area contributed by atoms with Crippen molar-refractivity contribution in [3.8, 4) is 0 Å². The first-order chi connectivity index (χ1) is 12.2. The van der Waals surface area contributed by atoms with Gasteiger partial charge in [-0.05, 0) is 35.6 Å². The molecule has 1 N–H and O–H groups in total. The summed E-state index contributed by atoms with van der Waals surface area (Å²) in [5, 5.41) is 0. The lowest BCUT2D eigenvalue weighted by atomic mass is 9.75. The van der Waals surface area contributed by atoms with E-state index in [0.717, 1.165) is 10.0 Å². The van der Waals surface area contributed by atoms with E-state index in [1.54, 1.807) is 7.05 Å². The van der Waals surface area contributed by atoms with Gasteiger partial charge in [0.25, 0.3) is 11.5 Å². The number of fused-ring (bicyclic) bond motifs is 1. The molecule has 0 fully saturated rings. The molecular weight excluding hydrogens is 396 g/mol. The lowest BCUT2D eigenvalue weighted by Gasteiger charge is -2.30. The molecule has 6 heteroatoms. The van der Waals surface area contributed by atoms with Gasteiger partial charge in [-0.2, -0.15) is 0 Å². The van der Waals surface area contributed by atoms with E-state index < -0.39 is 11.5 Å². The van der Waals surface area contributed by atoms with Gasteiger partial charge < -0.3 is 9.88 Å². The summed E-state index contributed by atoms with van der Waals surface area (Å²) in [7, 11) is 1.65. The van der Waals surface area contributed by atoms with E-state index in [9.17, 15) is 14.4 Å². The van der Waals surface area contributed by atoms with Crippen LogP contribution in [0.1, 0.15) is 52.2 Å². The monoisotopic (exact) mass is 416 g/mol. The first kappa shape index (κ1) is 18.6. The summed E-state index contributed by atoms with van der Waals surface area (Å²) >= 11 is 3.38. The summed E-state index contributed by atoms with van der Waals surface area (Å²) in [6.45, 7) is 4.37. The molecular formula is C20H21BrN2O3. The van der Waals surface area contributed by atoms with Gasteiger partial charge in [0.1, 0.15) is 5.56 Å². The number of pyridine rings is 1. The van der Waals surface area contributed by atoms with E-state index in [1.807, 2.05) is 38.1 Å². The highest BCUT2D eigenvalue weighted by Gasteiger charge is 2.33. The van der Waals surface area contributed by atoms with Crippen molar-refractivity contribution in [2.75, 3.05) is 7.05 Å². The highest BCUT2D eigenvalue weighted by Crippen LogP contribution is 2.33. The summed E-state index contributed by atoms with van der Waals surface area (Å²) in [6, 6.07) is 9.10. The third kappa shape index (κ3) is 3.80. The Kier molecular flexibility index (Phi) is 4.88. The molecule has 1 heterocycles. The van der Waals surface area contributed by atoms with Crippen molar-refractivity contribution in [3.05, 3.63) is 67.5 Å². The number of H-pyrrole nitrogens is 1. The van der Waals surface area contributed by atoms with Crippen LogP contribution in [0.25, 0.3) is 0 Å². The molecule has 0 aliphatic heterocycles. The predicted molar refractivity (Wildman–Crippen MR) is 103 cm³/mol. The second-order valence-corrected chi connectivity index (χ2v) is 8.55. The number of benzene rings is 1. The van der Waals surface area contributed by atoms with Crippen LogP contribution in [-0.2, 0) is 13.0 Å². The Morgan fingerprint density at radius 1 is 1.19 bits per heavy atom. The second kappa shape index (κ2) is 6.83. The molecule has 1 aliphatic carbocycles. The van der Waals surface area contributed by atoms with Crippen LogP contribution in [0.3, 0.4) is 0 Å². The third-order valence-corrected chi connectivity index (χ3v) is 5.16. The lowest BCUT2D eigenvalue weighted by molar-refractivity contribution is 0.0783. The fourth-order valence-electron chi connectivity index (χ4n) is 3.33. The number of hydrogen-bond donors (Lipinski definition) is 1. The van der Waals surface area contributed by atoms with Gasteiger partial charge in [-0.15, -0.1) is 0 Å². The van der Waals surface area contributed by atoms with Gasteiger partial charge in [-0.1, -0.05) is 41.9 Å². The van der Waals surface area contributed by atoms with E-state index >= 15 is 0 Å². The van der Waals surface area contributed by atoms with Crippen molar-refractivity contribution >= 4 is 27.6 Å². The quantitative estimate of drug-likeness (QED) is 0.830. The topological polar surface area (TPSA) is 70.2 Å². The second-order valence-electron chi connectivity index (χ2n) is 7.63. The fraction of sp³-hybridized carbons (Fsp3) is 0.350. The lowest BCUT2D eigenvalue weighted by Crippen LogP contribution is -2.35. The van der Waals surface area contributed by atoms with Gasteiger partial charge in [-0.25, -0.2) is 0 Å². The van der Waals surface area contributed by atoms with E-state index in [0.29, 0.717) is 30.6 Å². The zero-order chi connectivity index (χ0) is 19.1. The Hall–Kier alpha value is -2.21.